The maximum Gasteiger partial charge on any atom is 0.279 e. The molecule has 24 heavy (non-hydrogen) atoms. The zero-order valence-corrected chi connectivity index (χ0v) is 14.8. The standard InChI is InChI=1S/C18H22N2O3S/c1-3-20(13-15-9-5-4-6-10-15)14-18(21)19-16-11-7-8-12-17(16)24(2,22)23/h4-12H,3,13-14H2,1-2H3,(H,19,21)/p+1. The van der Waals surface area contributed by atoms with Crippen LogP contribution in [0.15, 0.2) is 59.5 Å². The van der Waals surface area contributed by atoms with Gasteiger partial charge in [0.15, 0.2) is 16.4 Å². The molecule has 0 radical (unpaired) electrons. The molecule has 1 amide bonds. The molecule has 0 aromatic heterocycles. The maximum atomic E-state index is 12.3. The molecule has 0 aliphatic rings. The Kier molecular flexibility index (Phi) is 6.11. The van der Waals surface area contributed by atoms with Crippen LogP contribution in [0, 0.1) is 0 Å². The summed E-state index contributed by atoms with van der Waals surface area (Å²) in [4.78, 5) is 13.6. The molecule has 5 nitrogen and oxygen atoms in total. The summed E-state index contributed by atoms with van der Waals surface area (Å²) >= 11 is 0. The number of benzene rings is 2. The Morgan fingerprint density at radius 2 is 1.67 bits per heavy atom. The van der Waals surface area contributed by atoms with Crippen molar-refractivity contribution in [1.82, 2.24) is 0 Å². The number of anilines is 1. The minimum absolute atomic E-state index is 0.138. The number of hydrogen-bond acceptors (Lipinski definition) is 3. The predicted octanol–water partition coefficient (Wildman–Crippen LogP) is 1.13. The molecule has 0 spiro atoms. The number of hydrogen-bond donors (Lipinski definition) is 2. The van der Waals surface area contributed by atoms with Gasteiger partial charge in [0.2, 0.25) is 0 Å². The number of likely N-dealkylation sites (N-methyl/N-ethyl adjacent to an activating group) is 1. The van der Waals surface area contributed by atoms with E-state index in [1.54, 1.807) is 18.2 Å². The van der Waals surface area contributed by atoms with Crippen molar-refractivity contribution >= 4 is 21.4 Å². The van der Waals surface area contributed by atoms with E-state index < -0.39 is 9.84 Å². The first-order chi connectivity index (χ1) is 11.4. The lowest BCUT2D eigenvalue weighted by molar-refractivity contribution is -0.903. The second kappa shape index (κ2) is 8.08. The summed E-state index contributed by atoms with van der Waals surface area (Å²) < 4.78 is 23.6. The SMILES string of the molecule is CC[NH+](CC(=O)Nc1ccccc1S(C)(=O)=O)Cc1ccccc1. The van der Waals surface area contributed by atoms with Crippen molar-refractivity contribution in [1.29, 1.82) is 0 Å². The molecule has 128 valence electrons. The zero-order valence-electron chi connectivity index (χ0n) is 14.0. The third-order valence-corrected chi connectivity index (χ3v) is 4.92. The molecule has 6 heteroatoms. The molecule has 0 heterocycles. The highest BCUT2D eigenvalue weighted by molar-refractivity contribution is 7.90. The van der Waals surface area contributed by atoms with Crippen molar-refractivity contribution in [3.05, 3.63) is 60.2 Å². The Hall–Kier alpha value is -2.18. The Bertz CT molecular complexity index is 789. The van der Waals surface area contributed by atoms with Crippen LogP contribution in [0.5, 0.6) is 0 Å². The van der Waals surface area contributed by atoms with Gasteiger partial charge in [-0.15, -0.1) is 0 Å². The molecule has 0 saturated heterocycles. The molecule has 1 atom stereocenters. The molecular formula is C18H23N2O3S+. The van der Waals surface area contributed by atoms with Gasteiger partial charge in [-0.3, -0.25) is 4.79 Å². The summed E-state index contributed by atoms with van der Waals surface area (Å²) in [6.45, 7) is 3.86. The number of sulfone groups is 1. The van der Waals surface area contributed by atoms with E-state index in [-0.39, 0.29) is 17.3 Å². The molecule has 0 aliphatic carbocycles. The number of quaternary nitrogens is 1. The quantitative estimate of drug-likeness (QED) is 0.789. The number of carbonyl (C=O) groups excluding carboxylic acids is 1. The minimum Gasteiger partial charge on any atom is -0.324 e. The second-order valence-electron chi connectivity index (χ2n) is 5.76. The highest BCUT2D eigenvalue weighted by Gasteiger charge is 2.17. The summed E-state index contributed by atoms with van der Waals surface area (Å²) in [6.07, 6.45) is 1.14. The van der Waals surface area contributed by atoms with Gasteiger partial charge in [0.25, 0.3) is 5.91 Å². The van der Waals surface area contributed by atoms with Gasteiger partial charge in [0, 0.05) is 11.8 Å². The van der Waals surface area contributed by atoms with Crippen molar-refractivity contribution in [2.75, 3.05) is 24.7 Å². The fourth-order valence-electron chi connectivity index (χ4n) is 2.51. The third-order valence-electron chi connectivity index (χ3n) is 3.77. The fraction of sp³-hybridized carbons (Fsp3) is 0.278. The fourth-order valence-corrected chi connectivity index (χ4v) is 3.36. The van der Waals surface area contributed by atoms with Crippen LogP contribution in [0.4, 0.5) is 5.69 Å². The molecule has 2 N–H and O–H groups in total. The van der Waals surface area contributed by atoms with Crippen LogP contribution in [-0.2, 0) is 21.2 Å². The van der Waals surface area contributed by atoms with Crippen LogP contribution >= 0.6 is 0 Å². The van der Waals surface area contributed by atoms with Gasteiger partial charge in [-0.25, -0.2) is 8.42 Å². The molecule has 0 saturated carbocycles. The lowest BCUT2D eigenvalue weighted by Gasteiger charge is -2.18. The highest BCUT2D eigenvalue weighted by atomic mass is 32.2. The largest absolute Gasteiger partial charge is 0.324 e. The summed E-state index contributed by atoms with van der Waals surface area (Å²) in [5.41, 5.74) is 1.50. The van der Waals surface area contributed by atoms with E-state index >= 15 is 0 Å². The molecule has 0 bridgehead atoms. The van der Waals surface area contributed by atoms with E-state index in [1.165, 1.54) is 11.6 Å². The Morgan fingerprint density at radius 3 is 2.29 bits per heavy atom. The van der Waals surface area contributed by atoms with E-state index in [9.17, 15) is 13.2 Å². The van der Waals surface area contributed by atoms with E-state index in [1.807, 2.05) is 37.3 Å². The van der Waals surface area contributed by atoms with E-state index in [0.29, 0.717) is 5.69 Å². The summed E-state index contributed by atoms with van der Waals surface area (Å²) in [7, 11) is -3.38. The monoisotopic (exact) mass is 347 g/mol. The lowest BCUT2D eigenvalue weighted by Crippen LogP contribution is -3.11. The van der Waals surface area contributed by atoms with Crippen molar-refractivity contribution in [3.63, 3.8) is 0 Å². The minimum atomic E-state index is -3.38. The van der Waals surface area contributed by atoms with E-state index in [2.05, 4.69) is 5.32 Å². The molecule has 2 rings (SSSR count). The van der Waals surface area contributed by atoms with Gasteiger partial charge in [-0.2, -0.15) is 0 Å². The van der Waals surface area contributed by atoms with Gasteiger partial charge in [0.05, 0.1) is 17.1 Å². The predicted molar refractivity (Wildman–Crippen MR) is 94.7 cm³/mol. The van der Waals surface area contributed by atoms with Crippen LogP contribution in [0.25, 0.3) is 0 Å². The summed E-state index contributed by atoms with van der Waals surface area (Å²) in [5, 5.41) is 2.73. The molecule has 2 aromatic rings. The van der Waals surface area contributed by atoms with Gasteiger partial charge in [0.1, 0.15) is 6.54 Å². The molecule has 1 unspecified atom stereocenters. The van der Waals surface area contributed by atoms with Crippen LogP contribution in [0.3, 0.4) is 0 Å². The Morgan fingerprint density at radius 1 is 1.04 bits per heavy atom. The Labute approximate surface area is 143 Å². The topological polar surface area (TPSA) is 67.7 Å². The van der Waals surface area contributed by atoms with Gasteiger partial charge >= 0.3 is 0 Å². The van der Waals surface area contributed by atoms with Crippen molar-refractivity contribution in [2.24, 2.45) is 0 Å². The second-order valence-corrected chi connectivity index (χ2v) is 7.74. The lowest BCUT2D eigenvalue weighted by atomic mass is 10.2. The summed E-state index contributed by atoms with van der Waals surface area (Å²) in [6, 6.07) is 16.4. The van der Waals surface area contributed by atoms with Gasteiger partial charge in [-0.1, -0.05) is 42.5 Å². The highest BCUT2D eigenvalue weighted by Crippen LogP contribution is 2.20. The number of carbonyl (C=O) groups is 1. The number of amides is 1. The first-order valence-electron chi connectivity index (χ1n) is 7.86. The van der Waals surface area contributed by atoms with Crippen molar-refractivity contribution < 1.29 is 18.1 Å². The number of rotatable bonds is 7. The maximum absolute atomic E-state index is 12.3. The van der Waals surface area contributed by atoms with Gasteiger partial charge < -0.3 is 10.2 Å². The number of para-hydroxylation sites is 1. The Balaban J connectivity index is 2.05. The van der Waals surface area contributed by atoms with Crippen molar-refractivity contribution in [2.45, 2.75) is 18.4 Å². The normalized spacial score (nSPS) is 12.6. The molecular weight excluding hydrogens is 324 g/mol. The third kappa shape index (κ3) is 5.18. The number of nitrogens with one attached hydrogen (secondary N) is 2. The smallest absolute Gasteiger partial charge is 0.279 e. The molecule has 0 fully saturated rings. The average Bonchev–Trinajstić information content (AvgIpc) is 2.54. The molecule has 2 aromatic carbocycles. The average molecular weight is 347 g/mol. The summed E-state index contributed by atoms with van der Waals surface area (Å²) in [5.74, 6) is -0.195. The van der Waals surface area contributed by atoms with Crippen molar-refractivity contribution in [3.8, 4) is 0 Å². The van der Waals surface area contributed by atoms with Gasteiger partial charge in [-0.05, 0) is 19.1 Å². The van der Waals surface area contributed by atoms with Crippen LogP contribution in [0.2, 0.25) is 0 Å². The van der Waals surface area contributed by atoms with Crippen LogP contribution in [0.1, 0.15) is 12.5 Å². The van der Waals surface area contributed by atoms with E-state index in [4.69, 9.17) is 0 Å². The first-order valence-corrected chi connectivity index (χ1v) is 9.75. The van der Waals surface area contributed by atoms with Crippen LogP contribution < -0.4 is 10.2 Å². The van der Waals surface area contributed by atoms with E-state index in [0.717, 1.165) is 24.2 Å². The first kappa shape index (κ1) is 18.2. The van der Waals surface area contributed by atoms with Crippen LogP contribution in [-0.4, -0.2) is 33.7 Å². The molecule has 0 aliphatic heterocycles. The zero-order chi connectivity index (χ0) is 17.6.